The third kappa shape index (κ3) is 2.01. The molecule has 0 radical (unpaired) electrons. The molecule has 1 heterocycles. The van der Waals surface area contributed by atoms with E-state index in [0.29, 0.717) is 32.2 Å². The van der Waals surface area contributed by atoms with Crippen LogP contribution in [0.1, 0.15) is 0 Å². The molecule has 0 aliphatic heterocycles. The molecule has 0 atom stereocenters. The Kier molecular flexibility index (Phi) is 3.58. The molecule has 6 nitrogen and oxygen atoms in total. The van der Waals surface area contributed by atoms with Crippen molar-refractivity contribution in [3.05, 3.63) is 69.9 Å². The molecule has 3 rings (SSSR count). The van der Waals surface area contributed by atoms with Crippen LogP contribution in [0.3, 0.4) is 0 Å². The normalized spacial score (nSPS) is 12.5. The van der Waals surface area contributed by atoms with Gasteiger partial charge in [-0.2, -0.15) is 0 Å². The molecular formula is C18H6N6. The molecule has 0 unspecified atom stereocenters. The molecule has 3 aromatic rings. The fraction of sp³-hybridized carbons (Fsp3) is 0. The minimum atomic E-state index is -0.107. The molecule has 6 heteroatoms. The molecule has 0 spiro atoms. The molecular weight excluding hydrogens is 300 g/mol. The summed E-state index contributed by atoms with van der Waals surface area (Å²) in [7, 11) is 0. The first-order valence-electron chi connectivity index (χ1n) is 6.72. The van der Waals surface area contributed by atoms with Crippen molar-refractivity contribution in [3.63, 3.8) is 0 Å². The summed E-state index contributed by atoms with van der Waals surface area (Å²) in [5.74, 6) is 0. The smallest absolute Gasteiger partial charge is 0.254 e. The second-order valence-corrected chi connectivity index (χ2v) is 4.69. The third-order valence-electron chi connectivity index (χ3n) is 3.55. The maximum Gasteiger partial charge on any atom is 0.271 e. The van der Waals surface area contributed by atoms with Gasteiger partial charge in [0.1, 0.15) is 0 Å². The first-order chi connectivity index (χ1) is 11.8. The van der Waals surface area contributed by atoms with Crippen LogP contribution in [0.4, 0.5) is 0 Å². The Bertz CT molecular complexity index is 1090. The van der Waals surface area contributed by atoms with Crippen LogP contribution in [0.15, 0.2) is 36.7 Å². The Hall–Kier alpha value is -4.26. The Labute approximate surface area is 136 Å². The van der Waals surface area contributed by atoms with Crippen LogP contribution in [0.2, 0.25) is 0 Å². The van der Waals surface area contributed by atoms with E-state index in [0.717, 1.165) is 0 Å². The van der Waals surface area contributed by atoms with E-state index >= 15 is 0 Å². The van der Waals surface area contributed by atoms with Gasteiger partial charge in [-0.1, -0.05) is 24.3 Å². The number of benzene rings is 2. The molecule has 0 N–H and O–H groups in total. The zero-order valence-corrected chi connectivity index (χ0v) is 12.1. The minimum absolute atomic E-state index is 0.107. The van der Waals surface area contributed by atoms with E-state index in [4.69, 9.17) is 13.1 Å². The highest BCUT2D eigenvalue weighted by atomic mass is 14.8. The van der Waals surface area contributed by atoms with Crippen LogP contribution in [0.25, 0.3) is 42.9 Å². The van der Waals surface area contributed by atoms with Crippen molar-refractivity contribution in [1.29, 1.82) is 10.5 Å². The summed E-state index contributed by atoms with van der Waals surface area (Å²) >= 11 is 0. The van der Waals surface area contributed by atoms with Crippen molar-refractivity contribution in [2.24, 2.45) is 0 Å². The van der Waals surface area contributed by atoms with Crippen LogP contribution < -0.4 is 10.4 Å². The predicted molar refractivity (Wildman–Crippen MR) is 87.5 cm³/mol. The number of nitrogens with zero attached hydrogens (tertiary/aromatic N) is 6. The SMILES string of the molecule is [C-]#[N+]/C(C#N)=c1\c2ccccc2/c(=C(/C#N)[N+]#[C-])c2nccnc12. The van der Waals surface area contributed by atoms with E-state index in [1.165, 1.54) is 12.4 Å². The van der Waals surface area contributed by atoms with Crippen molar-refractivity contribution < 1.29 is 0 Å². The number of rotatable bonds is 0. The summed E-state index contributed by atoms with van der Waals surface area (Å²) in [5.41, 5.74) is 0.444. The van der Waals surface area contributed by atoms with E-state index < -0.39 is 0 Å². The summed E-state index contributed by atoms with van der Waals surface area (Å²) in [6.07, 6.45) is 2.90. The van der Waals surface area contributed by atoms with Crippen molar-refractivity contribution in [2.75, 3.05) is 0 Å². The quantitative estimate of drug-likeness (QED) is 0.469. The van der Waals surface area contributed by atoms with Crippen molar-refractivity contribution in [1.82, 2.24) is 9.97 Å². The van der Waals surface area contributed by atoms with Gasteiger partial charge in [0.05, 0.1) is 36.3 Å². The second-order valence-electron chi connectivity index (χ2n) is 4.69. The molecule has 0 bridgehead atoms. The maximum atomic E-state index is 9.31. The van der Waals surface area contributed by atoms with E-state index in [2.05, 4.69) is 19.7 Å². The highest BCUT2D eigenvalue weighted by molar-refractivity contribution is 6.01. The van der Waals surface area contributed by atoms with E-state index in [1.54, 1.807) is 24.3 Å². The van der Waals surface area contributed by atoms with Gasteiger partial charge in [0.2, 0.25) is 0 Å². The van der Waals surface area contributed by atoms with Crippen molar-refractivity contribution >= 4 is 33.2 Å². The average molecular weight is 306 g/mol. The maximum absolute atomic E-state index is 9.31. The van der Waals surface area contributed by atoms with Gasteiger partial charge in [0.15, 0.2) is 0 Å². The summed E-state index contributed by atoms with van der Waals surface area (Å²) in [4.78, 5) is 15.1. The lowest BCUT2D eigenvalue weighted by molar-refractivity contribution is 1.28. The fourth-order valence-corrected chi connectivity index (χ4v) is 2.63. The van der Waals surface area contributed by atoms with Crippen molar-refractivity contribution in [3.8, 4) is 12.1 Å². The number of aromatic nitrogens is 2. The first kappa shape index (κ1) is 14.7. The lowest BCUT2D eigenvalue weighted by Gasteiger charge is -2.06. The van der Waals surface area contributed by atoms with Crippen LogP contribution >= 0.6 is 0 Å². The number of hydrogen-bond donors (Lipinski definition) is 0. The molecule has 108 valence electrons. The molecule has 0 saturated carbocycles. The van der Waals surface area contributed by atoms with Gasteiger partial charge in [-0.15, -0.1) is 0 Å². The van der Waals surface area contributed by atoms with Gasteiger partial charge in [-0.05, 0) is 10.8 Å². The van der Waals surface area contributed by atoms with Crippen LogP contribution in [0.5, 0.6) is 0 Å². The van der Waals surface area contributed by atoms with Crippen molar-refractivity contribution in [2.45, 2.75) is 0 Å². The molecule has 1 aromatic heterocycles. The number of fused-ring (bicyclic) bond motifs is 2. The summed E-state index contributed by atoms with van der Waals surface area (Å²) < 4.78 is 0. The standard InChI is InChI=1S/C18H6N6/c1-21-13(9-19)15-11-5-3-4-6-12(11)16(14(10-20)22-2)18-17(15)23-7-8-24-18/h3-8H/b15-13+,16-14+. The zero-order chi connectivity index (χ0) is 17.1. The van der Waals surface area contributed by atoms with Gasteiger partial charge in [-0.25, -0.2) is 20.2 Å². The molecule has 0 aliphatic rings. The summed E-state index contributed by atoms with van der Waals surface area (Å²) in [5, 5.41) is 20.5. The molecule has 0 aliphatic carbocycles. The zero-order valence-electron chi connectivity index (χ0n) is 12.1. The van der Waals surface area contributed by atoms with E-state index in [9.17, 15) is 10.5 Å². The molecule has 0 amide bonds. The Morgan fingerprint density at radius 1 is 0.833 bits per heavy atom. The number of hydrogen-bond acceptors (Lipinski definition) is 4. The fourth-order valence-electron chi connectivity index (χ4n) is 2.63. The molecule has 0 fully saturated rings. The largest absolute Gasteiger partial charge is 0.271 e. The minimum Gasteiger partial charge on any atom is -0.254 e. The van der Waals surface area contributed by atoms with Gasteiger partial charge < -0.3 is 0 Å². The highest BCUT2D eigenvalue weighted by Crippen LogP contribution is 2.14. The Morgan fingerprint density at radius 3 is 1.58 bits per heavy atom. The van der Waals surface area contributed by atoms with Gasteiger partial charge in [0, 0.05) is 22.8 Å². The highest BCUT2D eigenvalue weighted by Gasteiger charge is 2.13. The topological polar surface area (TPSA) is 82.1 Å². The van der Waals surface area contributed by atoms with Crippen LogP contribution in [-0.4, -0.2) is 9.97 Å². The monoisotopic (exact) mass is 306 g/mol. The first-order valence-corrected chi connectivity index (χ1v) is 6.72. The average Bonchev–Trinajstić information content (AvgIpc) is 2.64. The Balaban J connectivity index is 2.95. The molecule has 0 saturated heterocycles. The molecule has 2 aromatic carbocycles. The van der Waals surface area contributed by atoms with E-state index in [-0.39, 0.29) is 11.4 Å². The van der Waals surface area contributed by atoms with Crippen LogP contribution in [-0.2, 0) is 0 Å². The third-order valence-corrected chi connectivity index (χ3v) is 3.55. The summed E-state index contributed by atoms with van der Waals surface area (Å²) in [6, 6.07) is 10.8. The van der Waals surface area contributed by atoms with Gasteiger partial charge in [-0.3, -0.25) is 9.97 Å². The lowest BCUT2D eigenvalue weighted by atomic mass is 10.0. The number of nitriles is 2. The Morgan fingerprint density at radius 2 is 1.25 bits per heavy atom. The predicted octanol–water partition coefficient (Wildman–Crippen LogP) is 1.89. The second kappa shape index (κ2) is 5.85. The summed E-state index contributed by atoms with van der Waals surface area (Å²) in [6.45, 7) is 14.5. The van der Waals surface area contributed by atoms with Gasteiger partial charge in [0.25, 0.3) is 11.4 Å². The lowest BCUT2D eigenvalue weighted by Crippen LogP contribution is -2.19. The molecule has 24 heavy (non-hydrogen) atoms. The van der Waals surface area contributed by atoms with E-state index in [1.807, 2.05) is 12.1 Å². The van der Waals surface area contributed by atoms with Gasteiger partial charge >= 0.3 is 0 Å². The van der Waals surface area contributed by atoms with Crippen LogP contribution in [0, 0.1) is 35.8 Å².